The summed E-state index contributed by atoms with van der Waals surface area (Å²) in [6.07, 6.45) is 2.38. The van der Waals surface area contributed by atoms with E-state index in [1.165, 1.54) is 11.8 Å². The molecule has 6 nitrogen and oxygen atoms in total. The number of nitrogens with one attached hydrogen (secondary N) is 1. The molecule has 0 fully saturated rings. The van der Waals surface area contributed by atoms with Gasteiger partial charge in [0.25, 0.3) is 5.89 Å². The van der Waals surface area contributed by atoms with Crippen molar-refractivity contribution in [3.63, 3.8) is 0 Å². The summed E-state index contributed by atoms with van der Waals surface area (Å²) in [7, 11) is 0. The number of nitrogens with zero attached hydrogens (tertiary/aromatic N) is 3. The molecule has 2 aromatic heterocycles. The molecule has 3 rings (SSSR count). The molecule has 3 aromatic rings. The van der Waals surface area contributed by atoms with Crippen LogP contribution in [0, 0.1) is 6.92 Å². The van der Waals surface area contributed by atoms with Crippen LogP contribution in [0.3, 0.4) is 0 Å². The molecular weight excluding hydrogens is 372 g/mol. The molecule has 0 unspecified atom stereocenters. The van der Waals surface area contributed by atoms with Crippen LogP contribution in [0.2, 0.25) is 5.02 Å². The van der Waals surface area contributed by atoms with Crippen LogP contribution in [0.5, 0.6) is 0 Å². The number of thioether (sulfide) groups is 1. The average Bonchev–Trinajstić information content (AvgIpc) is 3.13. The van der Waals surface area contributed by atoms with Gasteiger partial charge in [-0.1, -0.05) is 41.5 Å². The third-order valence-electron chi connectivity index (χ3n) is 3.59. The number of aromatic nitrogens is 3. The van der Waals surface area contributed by atoms with Crippen LogP contribution in [0.1, 0.15) is 18.3 Å². The predicted octanol–water partition coefficient (Wildman–Crippen LogP) is 4.39. The van der Waals surface area contributed by atoms with E-state index in [2.05, 4.69) is 20.4 Å². The van der Waals surface area contributed by atoms with Gasteiger partial charge in [-0.3, -0.25) is 4.79 Å². The summed E-state index contributed by atoms with van der Waals surface area (Å²) in [6, 6.07) is 9.07. The number of aryl methyl sites for hydroxylation is 2. The summed E-state index contributed by atoms with van der Waals surface area (Å²) in [5, 5.41) is 8.05. The molecule has 0 spiro atoms. The summed E-state index contributed by atoms with van der Waals surface area (Å²) >= 11 is 7.31. The Morgan fingerprint density at radius 3 is 2.85 bits per heavy atom. The minimum Gasteiger partial charge on any atom is -0.334 e. The molecule has 0 aliphatic carbocycles. The summed E-state index contributed by atoms with van der Waals surface area (Å²) in [5.41, 5.74) is 2.43. The number of benzene rings is 1. The summed E-state index contributed by atoms with van der Waals surface area (Å²) in [6.45, 7) is 3.88. The molecule has 0 atom stereocenters. The molecule has 8 heteroatoms. The largest absolute Gasteiger partial charge is 0.334 e. The van der Waals surface area contributed by atoms with E-state index >= 15 is 0 Å². The molecule has 2 heterocycles. The summed E-state index contributed by atoms with van der Waals surface area (Å²) < 4.78 is 5.18. The molecule has 1 amide bonds. The number of halogens is 1. The number of hydrogen-bond donors (Lipinski definition) is 1. The number of pyridine rings is 1. The van der Waals surface area contributed by atoms with Gasteiger partial charge in [-0.05, 0) is 36.8 Å². The molecule has 26 heavy (non-hydrogen) atoms. The number of amides is 1. The van der Waals surface area contributed by atoms with Gasteiger partial charge in [0.15, 0.2) is 5.82 Å². The lowest BCUT2D eigenvalue weighted by atomic mass is 10.2. The first-order valence-electron chi connectivity index (χ1n) is 8.03. The number of carbonyl (C=O) groups is 1. The number of rotatable bonds is 6. The van der Waals surface area contributed by atoms with Crippen molar-refractivity contribution in [3.05, 3.63) is 52.9 Å². The standard InChI is InChI=1S/C18H17ClN4O2S/c1-3-15-22-18(25-23-15)12-5-7-17(20-9-12)26-10-16(24)21-14-8-13(19)6-4-11(14)2/h4-9H,3,10H2,1-2H3,(H,21,24). The van der Waals surface area contributed by atoms with Crippen LogP contribution in [-0.2, 0) is 11.2 Å². The van der Waals surface area contributed by atoms with E-state index in [0.29, 0.717) is 23.2 Å². The minimum atomic E-state index is -0.115. The van der Waals surface area contributed by atoms with Crippen LogP contribution in [0.15, 0.2) is 46.1 Å². The van der Waals surface area contributed by atoms with Gasteiger partial charge in [-0.15, -0.1) is 0 Å². The topological polar surface area (TPSA) is 80.9 Å². The predicted molar refractivity (Wildman–Crippen MR) is 102 cm³/mol. The van der Waals surface area contributed by atoms with Crippen LogP contribution in [0.4, 0.5) is 5.69 Å². The lowest BCUT2D eigenvalue weighted by Gasteiger charge is -2.08. The highest BCUT2D eigenvalue weighted by Crippen LogP contribution is 2.23. The van der Waals surface area contributed by atoms with Crippen LogP contribution < -0.4 is 5.32 Å². The Hall–Kier alpha value is -2.38. The molecule has 0 bridgehead atoms. The van der Waals surface area contributed by atoms with Gasteiger partial charge >= 0.3 is 0 Å². The molecule has 1 aromatic carbocycles. The molecule has 0 radical (unpaired) electrons. The minimum absolute atomic E-state index is 0.115. The third kappa shape index (κ3) is 4.62. The maximum atomic E-state index is 12.1. The highest BCUT2D eigenvalue weighted by atomic mass is 35.5. The van der Waals surface area contributed by atoms with Crippen molar-refractivity contribution in [1.82, 2.24) is 15.1 Å². The second kappa shape index (κ2) is 8.33. The maximum Gasteiger partial charge on any atom is 0.259 e. The van der Waals surface area contributed by atoms with E-state index in [0.717, 1.165) is 21.8 Å². The lowest BCUT2D eigenvalue weighted by molar-refractivity contribution is -0.113. The maximum absolute atomic E-state index is 12.1. The Balaban J connectivity index is 1.57. The van der Waals surface area contributed by atoms with Crippen molar-refractivity contribution in [2.24, 2.45) is 0 Å². The SMILES string of the molecule is CCc1noc(-c2ccc(SCC(=O)Nc3cc(Cl)ccc3C)nc2)n1. The third-order valence-corrected chi connectivity index (χ3v) is 4.77. The summed E-state index contributed by atoms with van der Waals surface area (Å²) in [5.74, 6) is 1.24. The Kier molecular flexibility index (Phi) is 5.90. The smallest absolute Gasteiger partial charge is 0.259 e. The van der Waals surface area contributed by atoms with Gasteiger partial charge in [0.2, 0.25) is 5.91 Å². The lowest BCUT2D eigenvalue weighted by Crippen LogP contribution is -2.14. The molecule has 0 aliphatic heterocycles. The zero-order chi connectivity index (χ0) is 18.5. The fraction of sp³-hybridized carbons (Fsp3) is 0.222. The van der Waals surface area contributed by atoms with Gasteiger partial charge in [0.1, 0.15) is 0 Å². The fourth-order valence-electron chi connectivity index (χ4n) is 2.16. The second-order valence-electron chi connectivity index (χ2n) is 5.55. The molecule has 0 aliphatic rings. The monoisotopic (exact) mass is 388 g/mol. The highest BCUT2D eigenvalue weighted by molar-refractivity contribution is 7.99. The fourth-order valence-corrected chi connectivity index (χ4v) is 2.98. The van der Waals surface area contributed by atoms with Gasteiger partial charge in [-0.25, -0.2) is 4.98 Å². The van der Waals surface area contributed by atoms with Crippen LogP contribution in [0.25, 0.3) is 11.5 Å². The van der Waals surface area contributed by atoms with Gasteiger partial charge < -0.3 is 9.84 Å². The van der Waals surface area contributed by atoms with Crippen molar-refractivity contribution in [2.45, 2.75) is 25.3 Å². The first-order valence-corrected chi connectivity index (χ1v) is 9.39. The average molecular weight is 389 g/mol. The first kappa shape index (κ1) is 18.4. The van der Waals surface area contributed by atoms with Crippen molar-refractivity contribution < 1.29 is 9.32 Å². The van der Waals surface area contributed by atoms with Crippen molar-refractivity contribution in [3.8, 4) is 11.5 Å². The van der Waals surface area contributed by atoms with Crippen molar-refractivity contribution >= 4 is 35.0 Å². The zero-order valence-corrected chi connectivity index (χ0v) is 15.9. The number of carbonyl (C=O) groups excluding carboxylic acids is 1. The molecule has 0 saturated heterocycles. The zero-order valence-electron chi connectivity index (χ0n) is 14.3. The van der Waals surface area contributed by atoms with E-state index in [9.17, 15) is 4.79 Å². The normalized spacial score (nSPS) is 10.7. The molecule has 1 N–H and O–H groups in total. The van der Waals surface area contributed by atoms with Crippen LogP contribution >= 0.6 is 23.4 Å². The van der Waals surface area contributed by atoms with Crippen LogP contribution in [-0.4, -0.2) is 26.8 Å². The Morgan fingerprint density at radius 1 is 1.31 bits per heavy atom. The van der Waals surface area contributed by atoms with Gasteiger partial charge in [0.05, 0.1) is 16.3 Å². The molecular formula is C18H17ClN4O2S. The Bertz CT molecular complexity index is 912. The van der Waals surface area contributed by atoms with E-state index in [1.807, 2.05) is 32.0 Å². The second-order valence-corrected chi connectivity index (χ2v) is 6.98. The van der Waals surface area contributed by atoms with E-state index in [1.54, 1.807) is 18.3 Å². The van der Waals surface area contributed by atoms with Gasteiger partial charge in [0, 0.05) is 23.3 Å². The van der Waals surface area contributed by atoms with E-state index < -0.39 is 0 Å². The molecule has 0 saturated carbocycles. The van der Waals surface area contributed by atoms with Crippen molar-refractivity contribution in [2.75, 3.05) is 11.1 Å². The van der Waals surface area contributed by atoms with E-state index in [-0.39, 0.29) is 11.7 Å². The highest BCUT2D eigenvalue weighted by Gasteiger charge is 2.10. The number of anilines is 1. The first-order chi connectivity index (χ1) is 12.5. The summed E-state index contributed by atoms with van der Waals surface area (Å²) in [4.78, 5) is 20.7. The Labute approximate surface area is 160 Å². The van der Waals surface area contributed by atoms with Gasteiger partial charge in [-0.2, -0.15) is 4.98 Å². The van der Waals surface area contributed by atoms with Crippen molar-refractivity contribution in [1.29, 1.82) is 0 Å². The van der Waals surface area contributed by atoms with E-state index in [4.69, 9.17) is 16.1 Å². The Morgan fingerprint density at radius 2 is 2.15 bits per heavy atom. The quantitative estimate of drug-likeness (QED) is 0.631. The molecule has 134 valence electrons. The number of hydrogen-bond acceptors (Lipinski definition) is 6.